The second-order valence-corrected chi connectivity index (χ2v) is 7.20. The molecule has 1 aliphatic rings. The Balaban J connectivity index is 1.41. The van der Waals surface area contributed by atoms with Crippen molar-refractivity contribution in [3.63, 3.8) is 0 Å². The number of amides is 1. The maximum absolute atomic E-state index is 12.1. The zero-order valence-electron chi connectivity index (χ0n) is 14.5. The minimum absolute atomic E-state index is 0.274. The number of thiophene rings is 1. The molecule has 26 heavy (non-hydrogen) atoms. The van der Waals surface area contributed by atoms with E-state index < -0.39 is 5.97 Å². The van der Waals surface area contributed by atoms with Crippen LogP contribution in [0.5, 0.6) is 0 Å². The maximum atomic E-state index is 12.1. The molecule has 3 rings (SSSR count). The Kier molecular flexibility index (Phi) is 6.76. The van der Waals surface area contributed by atoms with Crippen LogP contribution in [0, 0.1) is 0 Å². The molecule has 0 atom stereocenters. The number of carbonyl (C=O) groups is 2. The Labute approximate surface area is 156 Å². The second-order valence-electron chi connectivity index (χ2n) is 6.17. The lowest BCUT2D eigenvalue weighted by molar-refractivity contribution is -0.921. The van der Waals surface area contributed by atoms with E-state index in [2.05, 4.69) is 5.32 Å². The van der Waals surface area contributed by atoms with Crippen LogP contribution in [0.3, 0.4) is 0 Å². The third-order valence-electron chi connectivity index (χ3n) is 4.22. The summed E-state index contributed by atoms with van der Waals surface area (Å²) < 4.78 is 10.4. The first-order valence-electron chi connectivity index (χ1n) is 8.67. The normalized spacial score (nSPS) is 14.8. The number of hydrogen-bond acceptors (Lipinski definition) is 5. The van der Waals surface area contributed by atoms with Crippen molar-refractivity contribution >= 4 is 23.2 Å². The largest absolute Gasteiger partial charge is 0.452 e. The van der Waals surface area contributed by atoms with E-state index in [0.29, 0.717) is 12.1 Å². The van der Waals surface area contributed by atoms with Crippen molar-refractivity contribution in [2.75, 3.05) is 32.9 Å². The van der Waals surface area contributed by atoms with Crippen LogP contribution in [0.2, 0.25) is 0 Å². The number of ether oxygens (including phenoxy) is 2. The molecule has 1 aromatic heterocycles. The monoisotopic (exact) mass is 375 g/mol. The highest BCUT2D eigenvalue weighted by Crippen LogP contribution is 2.08. The number of nitrogens with one attached hydrogen (secondary N) is 2. The quantitative estimate of drug-likeness (QED) is 0.697. The van der Waals surface area contributed by atoms with Gasteiger partial charge in [-0.1, -0.05) is 18.2 Å². The van der Waals surface area contributed by atoms with Crippen molar-refractivity contribution in [2.45, 2.75) is 13.1 Å². The van der Waals surface area contributed by atoms with Crippen LogP contribution < -0.4 is 10.2 Å². The predicted molar refractivity (Wildman–Crippen MR) is 98.1 cm³/mol. The molecule has 0 aliphatic carbocycles. The van der Waals surface area contributed by atoms with E-state index in [1.165, 1.54) is 10.5 Å². The summed E-state index contributed by atoms with van der Waals surface area (Å²) >= 11 is 1.57. The highest BCUT2D eigenvalue weighted by molar-refractivity contribution is 7.09. The molecule has 0 spiro atoms. The van der Waals surface area contributed by atoms with Crippen LogP contribution in [-0.4, -0.2) is 44.8 Å². The minimum Gasteiger partial charge on any atom is -0.452 e. The summed E-state index contributed by atoms with van der Waals surface area (Å²) in [5.41, 5.74) is 1.63. The van der Waals surface area contributed by atoms with Crippen molar-refractivity contribution in [3.05, 3.63) is 57.8 Å². The van der Waals surface area contributed by atoms with Crippen molar-refractivity contribution < 1.29 is 24.0 Å². The summed E-state index contributed by atoms with van der Waals surface area (Å²) in [5, 5.41) is 4.68. The number of rotatable bonds is 7. The fourth-order valence-corrected chi connectivity index (χ4v) is 3.39. The standard InChI is InChI=1S/C19H22N2O4S/c22-18(20-12-17-2-1-11-26-17)14-25-19(23)16-5-3-15(4-6-16)13-21-7-9-24-10-8-21/h1-6,11H,7-10,12-14H2,(H,20,22)/p+1. The maximum Gasteiger partial charge on any atom is 0.338 e. The van der Waals surface area contributed by atoms with Crippen LogP contribution in [0.4, 0.5) is 0 Å². The minimum atomic E-state index is -0.485. The van der Waals surface area contributed by atoms with E-state index in [1.807, 2.05) is 29.6 Å². The van der Waals surface area contributed by atoms with Gasteiger partial charge in [-0.05, 0) is 23.6 Å². The Morgan fingerprint density at radius 2 is 1.92 bits per heavy atom. The molecule has 2 aromatic rings. The van der Waals surface area contributed by atoms with Gasteiger partial charge in [0.25, 0.3) is 5.91 Å². The predicted octanol–water partition coefficient (Wildman–Crippen LogP) is 0.636. The van der Waals surface area contributed by atoms with Crippen molar-refractivity contribution in [1.29, 1.82) is 0 Å². The molecular weight excluding hydrogens is 352 g/mol. The number of carbonyl (C=O) groups excluding carboxylic acids is 2. The molecular formula is C19H23N2O4S+. The van der Waals surface area contributed by atoms with Crippen molar-refractivity contribution in [2.24, 2.45) is 0 Å². The summed E-state index contributed by atoms with van der Waals surface area (Å²) in [5.74, 6) is -0.791. The van der Waals surface area contributed by atoms with Crippen molar-refractivity contribution in [1.82, 2.24) is 5.32 Å². The number of esters is 1. The topological polar surface area (TPSA) is 69.1 Å². The van der Waals surface area contributed by atoms with Crippen LogP contribution in [0.1, 0.15) is 20.8 Å². The molecule has 6 nitrogen and oxygen atoms in total. The van der Waals surface area contributed by atoms with Gasteiger partial charge in [0, 0.05) is 10.4 Å². The molecule has 7 heteroatoms. The molecule has 0 bridgehead atoms. The van der Waals surface area contributed by atoms with Gasteiger partial charge < -0.3 is 19.7 Å². The lowest BCUT2D eigenvalue weighted by atomic mass is 10.1. The molecule has 0 unspecified atom stereocenters. The Morgan fingerprint density at radius 1 is 1.15 bits per heavy atom. The number of morpholine rings is 1. The van der Waals surface area contributed by atoms with Crippen LogP contribution >= 0.6 is 11.3 Å². The summed E-state index contributed by atoms with van der Waals surface area (Å²) in [4.78, 5) is 26.4. The average molecular weight is 375 g/mol. The molecule has 2 heterocycles. The van der Waals surface area contributed by atoms with Gasteiger partial charge >= 0.3 is 5.97 Å². The van der Waals surface area contributed by atoms with Gasteiger partial charge in [0.1, 0.15) is 19.6 Å². The van der Waals surface area contributed by atoms with E-state index in [9.17, 15) is 9.59 Å². The molecule has 1 amide bonds. The second kappa shape index (κ2) is 9.47. The zero-order chi connectivity index (χ0) is 18.2. The number of benzene rings is 1. The molecule has 1 saturated heterocycles. The zero-order valence-corrected chi connectivity index (χ0v) is 15.3. The lowest BCUT2D eigenvalue weighted by Gasteiger charge is -2.23. The first-order valence-corrected chi connectivity index (χ1v) is 9.55. The number of quaternary nitrogens is 1. The molecule has 1 aromatic carbocycles. The Hall–Kier alpha value is -2.22. The van der Waals surface area contributed by atoms with Crippen LogP contribution in [-0.2, 0) is 27.4 Å². The first kappa shape index (κ1) is 18.6. The Morgan fingerprint density at radius 3 is 2.62 bits per heavy atom. The molecule has 2 N–H and O–H groups in total. The summed E-state index contributed by atoms with van der Waals surface area (Å²) in [6.07, 6.45) is 0. The van der Waals surface area contributed by atoms with Gasteiger partial charge in [-0.2, -0.15) is 0 Å². The highest BCUT2D eigenvalue weighted by atomic mass is 32.1. The highest BCUT2D eigenvalue weighted by Gasteiger charge is 2.15. The van der Waals surface area contributed by atoms with Gasteiger partial charge in [-0.15, -0.1) is 11.3 Å². The molecule has 0 saturated carbocycles. The lowest BCUT2D eigenvalue weighted by Crippen LogP contribution is -3.12. The molecule has 138 valence electrons. The van der Waals surface area contributed by atoms with Crippen molar-refractivity contribution in [3.8, 4) is 0 Å². The number of hydrogen-bond donors (Lipinski definition) is 2. The van der Waals surface area contributed by atoms with E-state index in [-0.39, 0.29) is 12.5 Å². The van der Waals surface area contributed by atoms with Gasteiger partial charge in [0.2, 0.25) is 0 Å². The van der Waals surface area contributed by atoms with Gasteiger partial charge in [-0.25, -0.2) is 4.79 Å². The van der Waals surface area contributed by atoms with Gasteiger partial charge in [0.05, 0.1) is 25.3 Å². The molecule has 0 radical (unpaired) electrons. The van der Waals surface area contributed by atoms with Gasteiger partial charge in [-0.3, -0.25) is 4.79 Å². The summed E-state index contributed by atoms with van der Waals surface area (Å²) in [7, 11) is 0. The fourth-order valence-electron chi connectivity index (χ4n) is 2.75. The fraction of sp³-hybridized carbons (Fsp3) is 0.368. The smallest absolute Gasteiger partial charge is 0.338 e. The van der Waals surface area contributed by atoms with Crippen LogP contribution in [0.25, 0.3) is 0 Å². The SMILES string of the molecule is O=C(COC(=O)c1ccc(C[NH+]2CCOCC2)cc1)NCc1cccs1. The summed E-state index contributed by atoms with van der Waals surface area (Å²) in [6, 6.07) is 11.3. The van der Waals surface area contributed by atoms with Gasteiger partial charge in [0.15, 0.2) is 6.61 Å². The third kappa shape index (κ3) is 5.66. The van der Waals surface area contributed by atoms with Crippen LogP contribution in [0.15, 0.2) is 41.8 Å². The molecule has 1 aliphatic heterocycles. The average Bonchev–Trinajstić information content (AvgIpc) is 3.19. The first-order chi connectivity index (χ1) is 12.7. The molecule has 1 fully saturated rings. The van der Waals surface area contributed by atoms with E-state index in [1.54, 1.807) is 23.5 Å². The third-order valence-corrected chi connectivity index (χ3v) is 5.09. The summed E-state index contributed by atoms with van der Waals surface area (Å²) in [6.45, 7) is 4.71. The van der Waals surface area contributed by atoms with E-state index in [4.69, 9.17) is 9.47 Å². The Bertz CT molecular complexity index is 710. The van der Waals surface area contributed by atoms with E-state index >= 15 is 0 Å². The van der Waals surface area contributed by atoms with E-state index in [0.717, 1.165) is 37.7 Å².